The molecule has 2 aliphatic heterocycles. The van der Waals surface area contributed by atoms with Crippen LogP contribution in [-0.4, -0.2) is 24.5 Å². The molecular weight excluding hydrogens is 261 g/mol. The number of hydrogen-bond donors (Lipinski definition) is 2. The van der Waals surface area contributed by atoms with Crippen molar-refractivity contribution in [2.45, 2.75) is 25.4 Å². The van der Waals surface area contributed by atoms with Gasteiger partial charge in [0, 0.05) is 24.4 Å². The van der Waals surface area contributed by atoms with Gasteiger partial charge in [-0.25, -0.2) is 9.38 Å². The molecular formula is C14H16FN3O2. The van der Waals surface area contributed by atoms with Crippen LogP contribution >= 0.6 is 0 Å². The average molecular weight is 277 g/mol. The summed E-state index contributed by atoms with van der Waals surface area (Å²) in [5.74, 6) is 0.326. The zero-order valence-electron chi connectivity index (χ0n) is 10.9. The molecule has 0 aromatic heterocycles. The van der Waals surface area contributed by atoms with Crippen molar-refractivity contribution in [3.05, 3.63) is 35.6 Å². The first-order chi connectivity index (χ1) is 9.72. The Bertz CT molecular complexity index is 530. The van der Waals surface area contributed by atoms with E-state index in [0.29, 0.717) is 12.3 Å². The molecule has 20 heavy (non-hydrogen) atoms. The molecule has 5 nitrogen and oxygen atoms in total. The maximum atomic E-state index is 12.9. The molecule has 2 N–H and O–H groups in total. The number of rotatable bonds is 2. The molecule has 0 bridgehead atoms. The van der Waals surface area contributed by atoms with Crippen molar-refractivity contribution in [2.24, 2.45) is 10.9 Å². The van der Waals surface area contributed by atoms with Crippen LogP contribution in [0.25, 0.3) is 0 Å². The van der Waals surface area contributed by atoms with Crippen molar-refractivity contribution in [3.8, 4) is 0 Å². The van der Waals surface area contributed by atoms with E-state index in [2.05, 4.69) is 15.8 Å². The fraction of sp³-hybridized carbons (Fsp3) is 0.429. The SMILES string of the molecule is O=C1CC(C2N=C(c3ccc(F)cc3)ON2)CCCN1. The Kier molecular flexibility index (Phi) is 3.64. The van der Waals surface area contributed by atoms with Gasteiger partial charge in [-0.15, -0.1) is 5.48 Å². The van der Waals surface area contributed by atoms with Crippen LogP contribution in [0.2, 0.25) is 0 Å². The highest BCUT2D eigenvalue weighted by atomic mass is 19.1. The lowest BCUT2D eigenvalue weighted by molar-refractivity contribution is -0.121. The quantitative estimate of drug-likeness (QED) is 0.857. The van der Waals surface area contributed by atoms with E-state index < -0.39 is 0 Å². The maximum Gasteiger partial charge on any atom is 0.242 e. The number of nitrogens with zero attached hydrogens (tertiary/aromatic N) is 1. The van der Waals surface area contributed by atoms with Gasteiger partial charge in [0.15, 0.2) is 0 Å². The predicted molar refractivity (Wildman–Crippen MR) is 71.3 cm³/mol. The molecule has 1 saturated heterocycles. The van der Waals surface area contributed by atoms with Gasteiger partial charge in [-0.2, -0.15) is 0 Å². The Morgan fingerprint density at radius 3 is 2.90 bits per heavy atom. The fourth-order valence-corrected chi connectivity index (χ4v) is 2.50. The number of hydrogen-bond acceptors (Lipinski definition) is 4. The standard InChI is InChI=1S/C14H16FN3O2/c15-11-5-3-9(4-6-11)14-17-13(18-20-14)10-2-1-7-16-12(19)8-10/h3-6,10,13,18H,1-2,7-8H2,(H,16,19). The third-order valence-corrected chi connectivity index (χ3v) is 3.59. The molecule has 1 aromatic rings. The van der Waals surface area contributed by atoms with Crippen LogP contribution in [0.15, 0.2) is 29.3 Å². The van der Waals surface area contributed by atoms with E-state index in [1.807, 2.05) is 0 Å². The summed E-state index contributed by atoms with van der Waals surface area (Å²) in [6.07, 6.45) is 2.08. The maximum absolute atomic E-state index is 12.9. The van der Waals surface area contributed by atoms with Gasteiger partial charge in [0.1, 0.15) is 12.0 Å². The van der Waals surface area contributed by atoms with Crippen molar-refractivity contribution in [1.29, 1.82) is 0 Å². The lowest BCUT2D eigenvalue weighted by Gasteiger charge is -2.16. The molecule has 106 valence electrons. The summed E-state index contributed by atoms with van der Waals surface area (Å²) >= 11 is 0. The van der Waals surface area contributed by atoms with Gasteiger partial charge in [0.05, 0.1) is 0 Å². The highest BCUT2D eigenvalue weighted by Gasteiger charge is 2.30. The highest BCUT2D eigenvalue weighted by Crippen LogP contribution is 2.23. The van der Waals surface area contributed by atoms with E-state index in [1.54, 1.807) is 12.1 Å². The van der Waals surface area contributed by atoms with Crippen LogP contribution in [0.5, 0.6) is 0 Å². The minimum Gasteiger partial charge on any atom is -0.386 e. The van der Waals surface area contributed by atoms with Gasteiger partial charge in [0.25, 0.3) is 0 Å². The summed E-state index contributed by atoms with van der Waals surface area (Å²) in [5, 5.41) is 2.85. The van der Waals surface area contributed by atoms with Crippen LogP contribution < -0.4 is 10.8 Å². The van der Waals surface area contributed by atoms with E-state index in [9.17, 15) is 9.18 Å². The molecule has 0 spiro atoms. The number of aliphatic imine (C=N–C) groups is 1. The predicted octanol–water partition coefficient (Wildman–Crippen LogP) is 1.35. The van der Waals surface area contributed by atoms with Gasteiger partial charge in [-0.1, -0.05) is 0 Å². The van der Waals surface area contributed by atoms with Gasteiger partial charge < -0.3 is 10.2 Å². The number of nitrogens with one attached hydrogen (secondary N) is 2. The second-order valence-electron chi connectivity index (χ2n) is 5.06. The van der Waals surface area contributed by atoms with Crippen molar-refractivity contribution < 1.29 is 14.0 Å². The lowest BCUT2D eigenvalue weighted by Crippen LogP contribution is -2.32. The number of amides is 1. The second kappa shape index (κ2) is 5.58. The minimum absolute atomic E-state index is 0.0553. The van der Waals surface area contributed by atoms with Gasteiger partial charge in [-0.3, -0.25) is 4.79 Å². The molecule has 2 atom stereocenters. The van der Waals surface area contributed by atoms with E-state index >= 15 is 0 Å². The summed E-state index contributed by atoms with van der Waals surface area (Å²) in [6, 6.07) is 5.98. The highest BCUT2D eigenvalue weighted by molar-refractivity contribution is 5.94. The molecule has 1 aromatic carbocycles. The first-order valence-corrected chi connectivity index (χ1v) is 6.75. The van der Waals surface area contributed by atoms with Crippen molar-refractivity contribution in [1.82, 2.24) is 10.8 Å². The molecule has 2 unspecified atom stereocenters. The first kappa shape index (κ1) is 13.1. The fourth-order valence-electron chi connectivity index (χ4n) is 2.50. The minimum atomic E-state index is -0.294. The summed E-state index contributed by atoms with van der Waals surface area (Å²) in [7, 11) is 0. The molecule has 0 radical (unpaired) electrons. The van der Waals surface area contributed by atoms with Crippen molar-refractivity contribution in [2.75, 3.05) is 6.54 Å². The van der Waals surface area contributed by atoms with E-state index in [-0.39, 0.29) is 23.8 Å². The normalized spacial score (nSPS) is 26.4. The zero-order chi connectivity index (χ0) is 13.9. The number of benzene rings is 1. The van der Waals surface area contributed by atoms with E-state index in [1.165, 1.54) is 12.1 Å². The summed E-state index contributed by atoms with van der Waals surface area (Å²) in [4.78, 5) is 21.4. The number of carbonyl (C=O) groups is 1. The largest absolute Gasteiger partial charge is 0.386 e. The molecule has 2 aliphatic rings. The molecule has 6 heteroatoms. The molecule has 0 aliphatic carbocycles. The van der Waals surface area contributed by atoms with Crippen molar-refractivity contribution in [3.63, 3.8) is 0 Å². The topological polar surface area (TPSA) is 62.7 Å². The Morgan fingerprint density at radius 1 is 1.30 bits per heavy atom. The summed E-state index contributed by atoms with van der Waals surface area (Å²) < 4.78 is 12.9. The van der Waals surface area contributed by atoms with Crippen LogP contribution in [0, 0.1) is 11.7 Å². The van der Waals surface area contributed by atoms with Crippen LogP contribution in [0.1, 0.15) is 24.8 Å². The van der Waals surface area contributed by atoms with Crippen LogP contribution in [0.3, 0.4) is 0 Å². The van der Waals surface area contributed by atoms with Gasteiger partial charge in [0.2, 0.25) is 11.8 Å². The van der Waals surface area contributed by atoms with E-state index in [4.69, 9.17) is 4.84 Å². The lowest BCUT2D eigenvalue weighted by atomic mass is 9.97. The Balaban J connectivity index is 1.73. The third-order valence-electron chi connectivity index (χ3n) is 3.59. The van der Waals surface area contributed by atoms with Gasteiger partial charge in [-0.05, 0) is 37.1 Å². The van der Waals surface area contributed by atoms with E-state index in [0.717, 1.165) is 24.9 Å². The van der Waals surface area contributed by atoms with Gasteiger partial charge >= 0.3 is 0 Å². The molecule has 0 saturated carbocycles. The van der Waals surface area contributed by atoms with Crippen LogP contribution in [-0.2, 0) is 9.63 Å². The number of halogens is 1. The molecule has 3 rings (SSSR count). The second-order valence-corrected chi connectivity index (χ2v) is 5.06. The Labute approximate surface area is 116 Å². The average Bonchev–Trinajstić information content (AvgIpc) is 2.83. The molecule has 2 heterocycles. The zero-order valence-corrected chi connectivity index (χ0v) is 10.9. The Morgan fingerprint density at radius 2 is 2.10 bits per heavy atom. The third kappa shape index (κ3) is 2.80. The summed E-state index contributed by atoms with van der Waals surface area (Å²) in [6.45, 7) is 0.720. The number of carbonyl (C=O) groups excluding carboxylic acids is 1. The monoisotopic (exact) mass is 277 g/mol. The smallest absolute Gasteiger partial charge is 0.242 e. The van der Waals surface area contributed by atoms with Crippen LogP contribution in [0.4, 0.5) is 4.39 Å². The summed E-state index contributed by atoms with van der Waals surface area (Å²) in [5.41, 5.74) is 3.58. The van der Waals surface area contributed by atoms with Crippen molar-refractivity contribution >= 4 is 11.8 Å². The Hall–Kier alpha value is -1.95. The molecule has 1 amide bonds. The molecule has 1 fully saturated rings. The first-order valence-electron chi connectivity index (χ1n) is 6.75. The number of hydroxylamine groups is 1.